The first-order chi connectivity index (χ1) is 6.40. The topological polar surface area (TPSA) is 17.8 Å². The van der Waals surface area contributed by atoms with Gasteiger partial charge in [0.15, 0.2) is 0 Å². The molecule has 1 aromatic heterocycles. The van der Waals surface area contributed by atoms with Crippen LogP contribution in [0.1, 0.15) is 6.42 Å². The first kappa shape index (κ1) is 8.57. The summed E-state index contributed by atoms with van der Waals surface area (Å²) in [6.07, 6.45) is 3.03. The second-order valence-corrected chi connectivity index (χ2v) is 3.37. The van der Waals surface area contributed by atoms with Gasteiger partial charge in [0.25, 0.3) is 0 Å². The molecule has 2 aromatic rings. The smallest absolute Gasteiger partial charge is 0.0923 e. The van der Waals surface area contributed by atoms with Gasteiger partial charge in [0.2, 0.25) is 0 Å². The number of fused-ring (bicyclic) bond motifs is 1. The molecular formula is C10H11ClN2. The van der Waals surface area contributed by atoms with Crippen LogP contribution in [0.5, 0.6) is 0 Å². The number of aryl methyl sites for hydroxylation is 1. The normalized spacial score (nSPS) is 10.8. The van der Waals surface area contributed by atoms with Gasteiger partial charge in [-0.15, -0.1) is 11.6 Å². The molecule has 1 heterocycles. The number of hydrogen-bond donors (Lipinski definition) is 0. The Bertz CT molecular complexity index is 361. The average molecular weight is 195 g/mol. The van der Waals surface area contributed by atoms with E-state index >= 15 is 0 Å². The van der Waals surface area contributed by atoms with Gasteiger partial charge in [-0.05, 0) is 12.5 Å². The predicted octanol–water partition coefficient (Wildman–Crippen LogP) is 2.67. The van der Waals surface area contributed by atoms with Crippen LogP contribution in [0, 0.1) is 0 Å². The number of nitrogens with zero attached hydrogens (tertiary/aromatic N) is 2. The van der Waals surface area contributed by atoms with Gasteiger partial charge < -0.3 is 0 Å². The van der Waals surface area contributed by atoms with E-state index in [-0.39, 0.29) is 0 Å². The van der Waals surface area contributed by atoms with Crippen LogP contribution in [0.25, 0.3) is 10.9 Å². The number of halogens is 1. The highest BCUT2D eigenvalue weighted by atomic mass is 35.5. The average Bonchev–Trinajstić information content (AvgIpc) is 2.57. The Labute approximate surface area is 82.1 Å². The van der Waals surface area contributed by atoms with Gasteiger partial charge in [0.1, 0.15) is 0 Å². The lowest BCUT2D eigenvalue weighted by atomic mass is 10.3. The number of rotatable bonds is 3. The largest absolute Gasteiger partial charge is 0.271 e. The fourth-order valence-electron chi connectivity index (χ4n) is 1.35. The number of aromatic nitrogens is 2. The Morgan fingerprint density at radius 1 is 1.31 bits per heavy atom. The lowest BCUT2D eigenvalue weighted by Crippen LogP contribution is -1.98. The minimum absolute atomic E-state index is 0.691. The molecule has 0 aliphatic rings. The summed E-state index contributed by atoms with van der Waals surface area (Å²) in [5, 5.41) is 5.60. The van der Waals surface area contributed by atoms with E-state index < -0.39 is 0 Å². The first-order valence-corrected chi connectivity index (χ1v) is 4.92. The quantitative estimate of drug-likeness (QED) is 0.687. The Kier molecular flexibility index (Phi) is 2.50. The molecule has 2 nitrogen and oxygen atoms in total. The van der Waals surface area contributed by atoms with Gasteiger partial charge in [-0.3, -0.25) is 4.68 Å². The third kappa shape index (κ3) is 1.83. The van der Waals surface area contributed by atoms with Crippen LogP contribution in [-0.4, -0.2) is 15.7 Å². The lowest BCUT2D eigenvalue weighted by molar-refractivity contribution is 0.611. The Balaban J connectivity index is 2.28. The SMILES string of the molecule is ClCCCn1cc2ccccc2n1. The summed E-state index contributed by atoms with van der Waals surface area (Å²) in [5.74, 6) is 0.691. The fourth-order valence-corrected chi connectivity index (χ4v) is 1.47. The van der Waals surface area contributed by atoms with E-state index in [0.29, 0.717) is 5.88 Å². The van der Waals surface area contributed by atoms with Crippen molar-refractivity contribution < 1.29 is 0 Å². The molecule has 0 bridgehead atoms. The maximum absolute atomic E-state index is 5.61. The van der Waals surface area contributed by atoms with Gasteiger partial charge in [0, 0.05) is 24.0 Å². The van der Waals surface area contributed by atoms with Gasteiger partial charge in [0.05, 0.1) is 5.52 Å². The van der Waals surface area contributed by atoms with Crippen LogP contribution < -0.4 is 0 Å². The number of benzene rings is 1. The van der Waals surface area contributed by atoms with E-state index in [9.17, 15) is 0 Å². The highest BCUT2D eigenvalue weighted by molar-refractivity contribution is 6.17. The third-order valence-corrected chi connectivity index (χ3v) is 2.25. The molecule has 0 N–H and O–H groups in total. The zero-order valence-corrected chi connectivity index (χ0v) is 8.04. The van der Waals surface area contributed by atoms with Crippen molar-refractivity contribution >= 4 is 22.5 Å². The van der Waals surface area contributed by atoms with E-state index in [2.05, 4.69) is 17.4 Å². The summed E-state index contributed by atoms with van der Waals surface area (Å²) < 4.78 is 1.95. The minimum atomic E-state index is 0.691. The van der Waals surface area contributed by atoms with Gasteiger partial charge >= 0.3 is 0 Å². The van der Waals surface area contributed by atoms with E-state index in [1.54, 1.807) is 0 Å². The highest BCUT2D eigenvalue weighted by Gasteiger charge is 1.97. The maximum Gasteiger partial charge on any atom is 0.0923 e. The van der Waals surface area contributed by atoms with Crippen LogP contribution in [0.2, 0.25) is 0 Å². The van der Waals surface area contributed by atoms with Crippen molar-refractivity contribution in [3.63, 3.8) is 0 Å². The molecule has 0 unspecified atom stereocenters. The molecule has 0 amide bonds. The van der Waals surface area contributed by atoms with Crippen LogP contribution in [-0.2, 0) is 6.54 Å². The Morgan fingerprint density at radius 3 is 2.92 bits per heavy atom. The van der Waals surface area contributed by atoms with Crippen molar-refractivity contribution in [2.75, 3.05) is 5.88 Å². The lowest BCUT2D eigenvalue weighted by Gasteiger charge is -1.95. The molecule has 0 saturated carbocycles. The molecule has 0 aliphatic heterocycles. The molecule has 0 spiro atoms. The molecule has 0 radical (unpaired) electrons. The predicted molar refractivity (Wildman–Crippen MR) is 55.1 cm³/mol. The molecule has 0 atom stereocenters. The second-order valence-electron chi connectivity index (χ2n) is 2.99. The van der Waals surface area contributed by atoms with Gasteiger partial charge in [-0.1, -0.05) is 18.2 Å². The first-order valence-electron chi connectivity index (χ1n) is 4.38. The Morgan fingerprint density at radius 2 is 2.15 bits per heavy atom. The van der Waals surface area contributed by atoms with Crippen molar-refractivity contribution in [1.29, 1.82) is 0 Å². The molecule has 1 aromatic carbocycles. The zero-order valence-electron chi connectivity index (χ0n) is 7.28. The van der Waals surface area contributed by atoms with Crippen molar-refractivity contribution in [1.82, 2.24) is 9.78 Å². The minimum Gasteiger partial charge on any atom is -0.271 e. The zero-order chi connectivity index (χ0) is 9.10. The van der Waals surface area contributed by atoms with E-state index in [0.717, 1.165) is 18.5 Å². The van der Waals surface area contributed by atoms with Crippen LogP contribution >= 0.6 is 11.6 Å². The highest BCUT2D eigenvalue weighted by Crippen LogP contribution is 2.10. The molecule has 2 rings (SSSR count). The number of alkyl halides is 1. The van der Waals surface area contributed by atoms with Crippen LogP contribution in [0.15, 0.2) is 30.5 Å². The molecule has 0 saturated heterocycles. The molecule has 13 heavy (non-hydrogen) atoms. The standard InChI is InChI=1S/C10H11ClN2/c11-6-3-7-13-8-9-4-1-2-5-10(9)12-13/h1-2,4-5,8H,3,6-7H2. The summed E-state index contributed by atoms with van der Waals surface area (Å²) >= 11 is 5.61. The molecular weight excluding hydrogens is 184 g/mol. The summed E-state index contributed by atoms with van der Waals surface area (Å²) in [6.45, 7) is 0.901. The van der Waals surface area contributed by atoms with E-state index in [1.165, 1.54) is 5.39 Å². The fraction of sp³-hybridized carbons (Fsp3) is 0.300. The number of hydrogen-bond acceptors (Lipinski definition) is 1. The van der Waals surface area contributed by atoms with E-state index in [1.807, 2.05) is 22.9 Å². The molecule has 0 fully saturated rings. The summed E-state index contributed by atoms with van der Waals surface area (Å²) in [6, 6.07) is 8.11. The monoisotopic (exact) mass is 194 g/mol. The van der Waals surface area contributed by atoms with Crippen molar-refractivity contribution in [2.45, 2.75) is 13.0 Å². The van der Waals surface area contributed by atoms with Gasteiger partial charge in [-0.2, -0.15) is 5.10 Å². The molecule has 0 aliphatic carbocycles. The second kappa shape index (κ2) is 3.79. The van der Waals surface area contributed by atoms with Crippen molar-refractivity contribution in [2.24, 2.45) is 0 Å². The third-order valence-electron chi connectivity index (χ3n) is 1.98. The summed E-state index contributed by atoms with van der Waals surface area (Å²) in [5.41, 5.74) is 1.05. The maximum atomic E-state index is 5.61. The van der Waals surface area contributed by atoms with Gasteiger partial charge in [-0.25, -0.2) is 0 Å². The molecule has 3 heteroatoms. The Hall–Kier alpha value is -1.02. The van der Waals surface area contributed by atoms with Crippen LogP contribution in [0.4, 0.5) is 0 Å². The van der Waals surface area contributed by atoms with Crippen LogP contribution in [0.3, 0.4) is 0 Å². The van der Waals surface area contributed by atoms with E-state index in [4.69, 9.17) is 11.6 Å². The summed E-state index contributed by atoms with van der Waals surface area (Å²) in [7, 11) is 0. The summed E-state index contributed by atoms with van der Waals surface area (Å²) in [4.78, 5) is 0. The van der Waals surface area contributed by atoms with Crippen molar-refractivity contribution in [3.8, 4) is 0 Å². The molecule has 68 valence electrons. The van der Waals surface area contributed by atoms with Crippen molar-refractivity contribution in [3.05, 3.63) is 30.5 Å².